The zero-order chi connectivity index (χ0) is 13.0. The molecule has 0 aromatic rings. The number of rotatable bonds is 4. The summed E-state index contributed by atoms with van der Waals surface area (Å²) in [6.45, 7) is 6.14. The van der Waals surface area contributed by atoms with E-state index in [1.54, 1.807) is 0 Å². The molecule has 0 aromatic heterocycles. The highest BCUT2D eigenvalue weighted by atomic mass is 16.2. The minimum atomic E-state index is 0.130. The lowest BCUT2D eigenvalue weighted by Crippen LogP contribution is -2.51. The summed E-state index contributed by atoms with van der Waals surface area (Å²) in [5.74, 6) is 0. The second-order valence-electron chi connectivity index (χ2n) is 5.97. The molecule has 0 bridgehead atoms. The predicted octanol–water partition coefficient (Wildman–Crippen LogP) is 2.10. The lowest BCUT2D eigenvalue weighted by molar-refractivity contribution is 0.173. The van der Waals surface area contributed by atoms with Crippen molar-refractivity contribution >= 4 is 6.03 Å². The summed E-state index contributed by atoms with van der Waals surface area (Å²) in [5.41, 5.74) is 0. The Morgan fingerprint density at radius 1 is 1.28 bits per heavy atom. The number of nitrogens with zero attached hydrogens (tertiary/aromatic N) is 1. The summed E-state index contributed by atoms with van der Waals surface area (Å²) in [4.78, 5) is 14.3. The molecule has 2 N–H and O–H groups in total. The van der Waals surface area contributed by atoms with Crippen LogP contribution in [0, 0.1) is 0 Å². The zero-order valence-corrected chi connectivity index (χ0v) is 11.7. The first-order valence-corrected chi connectivity index (χ1v) is 7.47. The molecule has 0 spiro atoms. The summed E-state index contributed by atoms with van der Waals surface area (Å²) in [6.07, 6.45) is 7.26. The van der Waals surface area contributed by atoms with Gasteiger partial charge >= 0.3 is 6.03 Å². The van der Waals surface area contributed by atoms with Crippen LogP contribution in [0.3, 0.4) is 0 Å². The summed E-state index contributed by atoms with van der Waals surface area (Å²) in [6, 6.07) is 1.30. The Morgan fingerprint density at radius 2 is 2.00 bits per heavy atom. The highest BCUT2D eigenvalue weighted by Gasteiger charge is 2.25. The second-order valence-corrected chi connectivity index (χ2v) is 5.97. The average molecular weight is 253 g/mol. The van der Waals surface area contributed by atoms with Crippen LogP contribution in [0.5, 0.6) is 0 Å². The van der Waals surface area contributed by atoms with Gasteiger partial charge in [0, 0.05) is 24.7 Å². The van der Waals surface area contributed by atoms with Crippen LogP contribution < -0.4 is 10.6 Å². The smallest absolute Gasteiger partial charge is 0.317 e. The van der Waals surface area contributed by atoms with Crippen LogP contribution in [0.25, 0.3) is 0 Å². The van der Waals surface area contributed by atoms with Gasteiger partial charge in [0.25, 0.3) is 0 Å². The van der Waals surface area contributed by atoms with Crippen molar-refractivity contribution in [2.45, 2.75) is 70.5 Å². The van der Waals surface area contributed by atoms with E-state index in [-0.39, 0.29) is 12.1 Å². The van der Waals surface area contributed by atoms with Crippen molar-refractivity contribution in [1.82, 2.24) is 15.5 Å². The van der Waals surface area contributed by atoms with Gasteiger partial charge in [0.2, 0.25) is 0 Å². The highest BCUT2D eigenvalue weighted by molar-refractivity contribution is 5.75. The van der Waals surface area contributed by atoms with Crippen molar-refractivity contribution in [3.05, 3.63) is 0 Å². The van der Waals surface area contributed by atoms with Crippen molar-refractivity contribution < 1.29 is 4.79 Å². The molecule has 0 radical (unpaired) electrons. The Hall–Kier alpha value is -0.770. The number of carbonyl (C=O) groups excluding carboxylic acids is 1. The molecule has 2 aliphatic rings. The topological polar surface area (TPSA) is 44.4 Å². The summed E-state index contributed by atoms with van der Waals surface area (Å²) in [7, 11) is 0. The zero-order valence-electron chi connectivity index (χ0n) is 11.7. The number of hydrogen-bond acceptors (Lipinski definition) is 2. The maximum atomic E-state index is 12.3. The van der Waals surface area contributed by atoms with Crippen LogP contribution in [0.4, 0.5) is 4.79 Å². The van der Waals surface area contributed by atoms with Crippen LogP contribution in [0.15, 0.2) is 0 Å². The fourth-order valence-corrected chi connectivity index (χ4v) is 3.01. The van der Waals surface area contributed by atoms with Crippen molar-refractivity contribution in [2.24, 2.45) is 0 Å². The number of amides is 2. The fourth-order valence-electron chi connectivity index (χ4n) is 3.01. The lowest BCUT2D eigenvalue weighted by Gasteiger charge is -2.31. The molecule has 1 unspecified atom stereocenters. The largest absolute Gasteiger partial charge is 0.335 e. The summed E-state index contributed by atoms with van der Waals surface area (Å²) in [5, 5.41) is 6.66. The Balaban J connectivity index is 1.84. The second kappa shape index (κ2) is 6.41. The van der Waals surface area contributed by atoms with Crippen molar-refractivity contribution in [2.75, 3.05) is 13.1 Å². The first kappa shape index (κ1) is 13.7. The molecule has 1 atom stereocenters. The predicted molar refractivity (Wildman–Crippen MR) is 73.7 cm³/mol. The van der Waals surface area contributed by atoms with Crippen molar-refractivity contribution in [3.63, 3.8) is 0 Å². The van der Waals surface area contributed by atoms with Gasteiger partial charge in [-0.25, -0.2) is 4.79 Å². The molecule has 4 nitrogen and oxygen atoms in total. The van der Waals surface area contributed by atoms with Gasteiger partial charge in [0.05, 0.1) is 0 Å². The Kier molecular flexibility index (Phi) is 4.87. The molecule has 1 saturated heterocycles. The maximum Gasteiger partial charge on any atom is 0.317 e. The van der Waals surface area contributed by atoms with Crippen LogP contribution in [0.2, 0.25) is 0 Å². The third kappa shape index (κ3) is 3.61. The van der Waals surface area contributed by atoms with Gasteiger partial charge in [0.15, 0.2) is 0 Å². The Labute approximate surface area is 110 Å². The van der Waals surface area contributed by atoms with Crippen LogP contribution in [-0.2, 0) is 0 Å². The summed E-state index contributed by atoms with van der Waals surface area (Å²) >= 11 is 0. The van der Waals surface area contributed by atoms with Gasteiger partial charge in [0.1, 0.15) is 0 Å². The van der Waals surface area contributed by atoms with E-state index in [0.717, 1.165) is 25.9 Å². The Morgan fingerprint density at radius 3 is 2.56 bits per heavy atom. The van der Waals surface area contributed by atoms with E-state index in [2.05, 4.69) is 24.5 Å². The Bertz CT molecular complexity index is 268. The van der Waals surface area contributed by atoms with E-state index in [4.69, 9.17) is 0 Å². The molecule has 18 heavy (non-hydrogen) atoms. The van der Waals surface area contributed by atoms with Gasteiger partial charge in [-0.1, -0.05) is 12.8 Å². The molecule has 2 fully saturated rings. The quantitative estimate of drug-likeness (QED) is 0.806. The van der Waals surface area contributed by atoms with Gasteiger partial charge in [-0.2, -0.15) is 0 Å². The number of carbonyl (C=O) groups is 1. The summed E-state index contributed by atoms with van der Waals surface area (Å²) < 4.78 is 0. The van der Waals surface area contributed by atoms with E-state index in [1.807, 2.05) is 4.90 Å². The number of hydrogen-bond donors (Lipinski definition) is 2. The first-order chi connectivity index (χ1) is 8.66. The van der Waals surface area contributed by atoms with Gasteiger partial charge in [-0.15, -0.1) is 0 Å². The van der Waals surface area contributed by atoms with Crippen molar-refractivity contribution in [3.8, 4) is 0 Å². The van der Waals surface area contributed by atoms with Crippen molar-refractivity contribution in [1.29, 1.82) is 0 Å². The van der Waals surface area contributed by atoms with E-state index in [9.17, 15) is 4.79 Å². The van der Waals surface area contributed by atoms with Crippen LogP contribution >= 0.6 is 0 Å². The molecule has 4 heteroatoms. The van der Waals surface area contributed by atoms with Gasteiger partial charge < -0.3 is 15.5 Å². The highest BCUT2D eigenvalue weighted by Crippen LogP contribution is 2.18. The SMILES string of the molecule is CC(C)N(CC1CCCN1)C(=O)NC1CCCC1. The average Bonchev–Trinajstić information content (AvgIpc) is 2.97. The van der Waals surface area contributed by atoms with Gasteiger partial charge in [-0.3, -0.25) is 0 Å². The monoisotopic (exact) mass is 253 g/mol. The van der Waals surface area contributed by atoms with Crippen LogP contribution in [-0.4, -0.2) is 42.1 Å². The normalized spacial score (nSPS) is 24.7. The lowest BCUT2D eigenvalue weighted by atomic mass is 10.2. The molecule has 1 saturated carbocycles. The molecule has 2 amide bonds. The molecule has 2 rings (SSSR count). The molecule has 0 aromatic carbocycles. The minimum absolute atomic E-state index is 0.130. The maximum absolute atomic E-state index is 12.3. The van der Waals surface area contributed by atoms with E-state index < -0.39 is 0 Å². The molecular formula is C14H27N3O. The molecular weight excluding hydrogens is 226 g/mol. The molecule has 1 aliphatic heterocycles. The van der Waals surface area contributed by atoms with Gasteiger partial charge in [-0.05, 0) is 46.1 Å². The van der Waals surface area contributed by atoms with E-state index in [0.29, 0.717) is 12.1 Å². The third-order valence-electron chi connectivity index (χ3n) is 4.15. The number of nitrogens with one attached hydrogen (secondary N) is 2. The first-order valence-electron chi connectivity index (χ1n) is 7.47. The standard InChI is InChI=1S/C14H27N3O/c1-11(2)17(10-13-8-5-9-15-13)14(18)16-12-6-3-4-7-12/h11-13,15H,3-10H2,1-2H3,(H,16,18). The number of urea groups is 1. The molecule has 1 heterocycles. The van der Waals surface area contributed by atoms with E-state index in [1.165, 1.54) is 25.7 Å². The minimum Gasteiger partial charge on any atom is -0.335 e. The van der Waals surface area contributed by atoms with E-state index >= 15 is 0 Å². The third-order valence-corrected chi connectivity index (χ3v) is 4.15. The van der Waals surface area contributed by atoms with Crippen LogP contribution in [0.1, 0.15) is 52.4 Å². The molecule has 1 aliphatic carbocycles. The fraction of sp³-hybridized carbons (Fsp3) is 0.929. The molecule has 104 valence electrons.